The van der Waals surface area contributed by atoms with Gasteiger partial charge >= 0.3 is 0 Å². The molecular weight excluding hydrogens is 361 g/mol. The van der Waals surface area contributed by atoms with Crippen LogP contribution in [0.4, 0.5) is 10.1 Å². The molecule has 1 atom stereocenters. The third kappa shape index (κ3) is 4.00. The molecule has 0 aliphatic carbocycles. The number of aryl methyl sites for hydroxylation is 1. The Morgan fingerprint density at radius 3 is 2.77 bits per heavy atom. The molecule has 8 heteroatoms. The highest BCUT2D eigenvalue weighted by atomic mass is 35.5. The molecule has 0 radical (unpaired) electrons. The van der Waals surface area contributed by atoms with Crippen LogP contribution in [0.1, 0.15) is 27.5 Å². The lowest BCUT2D eigenvalue weighted by Gasteiger charge is -2.36. The first-order valence-electron chi connectivity index (χ1n) is 7.99. The Hall–Kier alpha value is -2.51. The van der Waals surface area contributed by atoms with E-state index in [0.29, 0.717) is 30.8 Å². The molecule has 1 fully saturated rings. The summed E-state index contributed by atoms with van der Waals surface area (Å²) in [6, 6.07) is 10.3. The number of carbonyl (C=O) groups excluding carboxylic acids is 1. The van der Waals surface area contributed by atoms with Crippen molar-refractivity contribution < 1.29 is 14.1 Å². The van der Waals surface area contributed by atoms with Crippen molar-refractivity contribution in [2.45, 2.75) is 13.0 Å². The average Bonchev–Trinajstić information content (AvgIpc) is 2.61. The quantitative estimate of drug-likeness (QED) is 0.656. The number of benzene rings is 2. The highest BCUT2D eigenvalue weighted by molar-refractivity contribution is 5.95. The zero-order valence-electron chi connectivity index (χ0n) is 14.1. The molecule has 2 aromatic carbocycles. The maximum absolute atomic E-state index is 13.6. The van der Waals surface area contributed by atoms with Gasteiger partial charge in [0.15, 0.2) is 0 Å². The molecule has 1 unspecified atom stereocenters. The largest absolute Gasteiger partial charge is 0.329 e. The van der Waals surface area contributed by atoms with Crippen molar-refractivity contribution in [3.05, 3.63) is 75.1 Å². The van der Waals surface area contributed by atoms with E-state index in [4.69, 9.17) is 0 Å². The number of nitrogens with zero attached hydrogens (tertiary/aromatic N) is 2. The topological polar surface area (TPSA) is 75.5 Å². The predicted molar refractivity (Wildman–Crippen MR) is 98.1 cm³/mol. The molecule has 1 aliphatic rings. The number of rotatable bonds is 3. The fourth-order valence-corrected chi connectivity index (χ4v) is 3.06. The first-order chi connectivity index (χ1) is 12.0. The number of nitro benzene ring substituents is 1. The second-order valence-electron chi connectivity index (χ2n) is 6.03. The number of piperazine rings is 1. The summed E-state index contributed by atoms with van der Waals surface area (Å²) in [6.45, 7) is 3.20. The van der Waals surface area contributed by atoms with Gasteiger partial charge in [0.1, 0.15) is 5.82 Å². The summed E-state index contributed by atoms with van der Waals surface area (Å²) >= 11 is 0. The van der Waals surface area contributed by atoms with E-state index in [1.54, 1.807) is 36.1 Å². The zero-order chi connectivity index (χ0) is 18.0. The van der Waals surface area contributed by atoms with E-state index in [1.165, 1.54) is 18.2 Å². The van der Waals surface area contributed by atoms with Crippen LogP contribution in [0.25, 0.3) is 0 Å². The summed E-state index contributed by atoms with van der Waals surface area (Å²) in [5.41, 5.74) is 1.38. The lowest BCUT2D eigenvalue weighted by Crippen LogP contribution is -2.48. The summed E-state index contributed by atoms with van der Waals surface area (Å²) < 4.78 is 13.6. The summed E-state index contributed by atoms with van der Waals surface area (Å²) in [4.78, 5) is 25.2. The van der Waals surface area contributed by atoms with Gasteiger partial charge in [0.05, 0.1) is 11.0 Å². The maximum atomic E-state index is 13.6. The summed E-state index contributed by atoms with van der Waals surface area (Å²) in [7, 11) is 0. The van der Waals surface area contributed by atoms with E-state index in [-0.39, 0.29) is 41.4 Å². The van der Waals surface area contributed by atoms with Crippen molar-refractivity contribution in [2.24, 2.45) is 0 Å². The number of amides is 1. The second kappa shape index (κ2) is 8.25. The number of nitrogens with one attached hydrogen (secondary N) is 1. The first kappa shape index (κ1) is 19.8. The molecule has 2 aromatic rings. The molecule has 6 nitrogen and oxygen atoms in total. The fourth-order valence-electron chi connectivity index (χ4n) is 3.06. The van der Waals surface area contributed by atoms with E-state index in [9.17, 15) is 19.3 Å². The number of nitro groups is 1. The standard InChI is InChI=1S/C18H18FN3O3.ClH/c1-12-5-6-14(10-16(12)22(24)25)18(23)21-8-7-20-11-17(21)13-3-2-4-15(19)9-13;/h2-6,9-10,17,20H,7-8,11H2,1H3;1H. The highest BCUT2D eigenvalue weighted by Crippen LogP contribution is 2.26. The first-order valence-corrected chi connectivity index (χ1v) is 7.99. The van der Waals surface area contributed by atoms with E-state index < -0.39 is 4.92 Å². The molecule has 138 valence electrons. The van der Waals surface area contributed by atoms with Gasteiger partial charge < -0.3 is 10.2 Å². The molecule has 26 heavy (non-hydrogen) atoms. The van der Waals surface area contributed by atoms with E-state index in [1.807, 2.05) is 0 Å². The molecule has 1 amide bonds. The Kier molecular flexibility index (Phi) is 6.28. The fraction of sp³-hybridized carbons (Fsp3) is 0.278. The second-order valence-corrected chi connectivity index (χ2v) is 6.03. The molecule has 1 saturated heterocycles. The molecule has 1 heterocycles. The van der Waals surface area contributed by atoms with Crippen LogP contribution >= 0.6 is 12.4 Å². The van der Waals surface area contributed by atoms with Gasteiger partial charge in [-0.05, 0) is 30.7 Å². The van der Waals surface area contributed by atoms with Crippen LogP contribution in [-0.4, -0.2) is 35.4 Å². The van der Waals surface area contributed by atoms with E-state index in [2.05, 4.69) is 5.32 Å². The Labute approximate surface area is 156 Å². The van der Waals surface area contributed by atoms with Crippen LogP contribution in [0.5, 0.6) is 0 Å². The summed E-state index contributed by atoms with van der Waals surface area (Å²) in [5.74, 6) is -0.652. The smallest absolute Gasteiger partial charge is 0.273 e. The minimum atomic E-state index is -0.492. The summed E-state index contributed by atoms with van der Waals surface area (Å²) in [5, 5.41) is 14.3. The van der Waals surface area contributed by atoms with Crippen LogP contribution in [0, 0.1) is 22.9 Å². The molecule has 1 aliphatic heterocycles. The molecule has 3 rings (SSSR count). The van der Waals surface area contributed by atoms with Gasteiger partial charge in [-0.25, -0.2) is 4.39 Å². The van der Waals surface area contributed by atoms with Gasteiger partial charge in [-0.1, -0.05) is 18.2 Å². The Morgan fingerprint density at radius 1 is 1.31 bits per heavy atom. The predicted octanol–water partition coefficient (Wildman–Crippen LogP) is 3.25. The maximum Gasteiger partial charge on any atom is 0.273 e. The number of hydrogen-bond acceptors (Lipinski definition) is 4. The minimum absolute atomic E-state index is 0. The van der Waals surface area contributed by atoms with Gasteiger partial charge in [-0.15, -0.1) is 12.4 Å². The van der Waals surface area contributed by atoms with Crippen LogP contribution < -0.4 is 5.32 Å². The van der Waals surface area contributed by atoms with Gasteiger partial charge in [-0.2, -0.15) is 0 Å². The average molecular weight is 380 g/mol. The third-order valence-electron chi connectivity index (χ3n) is 4.39. The zero-order valence-corrected chi connectivity index (χ0v) is 15.0. The van der Waals surface area contributed by atoms with Crippen LogP contribution in [-0.2, 0) is 0 Å². The Morgan fingerprint density at radius 2 is 2.08 bits per heavy atom. The number of carbonyl (C=O) groups is 1. The van der Waals surface area contributed by atoms with E-state index >= 15 is 0 Å². The van der Waals surface area contributed by atoms with Crippen molar-refractivity contribution in [2.75, 3.05) is 19.6 Å². The van der Waals surface area contributed by atoms with Crippen molar-refractivity contribution in [3.8, 4) is 0 Å². The van der Waals surface area contributed by atoms with E-state index in [0.717, 1.165) is 0 Å². The van der Waals surface area contributed by atoms with Gasteiger partial charge in [0.2, 0.25) is 0 Å². The van der Waals surface area contributed by atoms with Crippen LogP contribution in [0.3, 0.4) is 0 Å². The molecule has 1 N–H and O–H groups in total. The highest BCUT2D eigenvalue weighted by Gasteiger charge is 2.29. The molecule has 0 bridgehead atoms. The lowest BCUT2D eigenvalue weighted by atomic mass is 10.0. The van der Waals surface area contributed by atoms with Crippen molar-refractivity contribution >= 4 is 24.0 Å². The van der Waals surface area contributed by atoms with Crippen LogP contribution in [0.2, 0.25) is 0 Å². The Balaban J connectivity index is 0.00000243. The van der Waals surface area contributed by atoms with Crippen molar-refractivity contribution in [3.63, 3.8) is 0 Å². The van der Waals surface area contributed by atoms with Crippen molar-refractivity contribution in [1.82, 2.24) is 10.2 Å². The monoisotopic (exact) mass is 379 g/mol. The van der Waals surface area contributed by atoms with Gasteiger partial charge in [0.25, 0.3) is 11.6 Å². The minimum Gasteiger partial charge on any atom is -0.329 e. The lowest BCUT2D eigenvalue weighted by molar-refractivity contribution is -0.385. The van der Waals surface area contributed by atoms with Crippen LogP contribution in [0.15, 0.2) is 42.5 Å². The molecular formula is C18H19ClFN3O3. The summed E-state index contributed by atoms with van der Waals surface area (Å²) in [6.07, 6.45) is 0. The Bertz CT molecular complexity index is 831. The van der Waals surface area contributed by atoms with Gasteiger partial charge in [0, 0.05) is 36.8 Å². The molecule has 0 aromatic heterocycles. The third-order valence-corrected chi connectivity index (χ3v) is 4.39. The number of hydrogen-bond donors (Lipinski definition) is 1. The van der Waals surface area contributed by atoms with Gasteiger partial charge in [-0.3, -0.25) is 14.9 Å². The normalized spacial score (nSPS) is 16.7. The molecule has 0 saturated carbocycles. The van der Waals surface area contributed by atoms with Crippen molar-refractivity contribution in [1.29, 1.82) is 0 Å². The molecule has 0 spiro atoms. The SMILES string of the molecule is Cc1ccc(C(=O)N2CCNCC2c2cccc(F)c2)cc1[N+](=O)[O-].Cl. The number of halogens is 2.